The molecule has 0 amide bonds. The molecule has 5 heteroatoms. The van der Waals surface area contributed by atoms with Crippen molar-refractivity contribution in [2.45, 2.75) is 11.8 Å². The van der Waals surface area contributed by atoms with Crippen LogP contribution in [0.4, 0.5) is 0 Å². The summed E-state index contributed by atoms with van der Waals surface area (Å²) in [6.45, 7) is 2.61. The van der Waals surface area contributed by atoms with Crippen molar-refractivity contribution in [2.24, 2.45) is 0 Å². The Hall–Kier alpha value is -0.450. The maximum absolute atomic E-state index is 5.78. The van der Waals surface area contributed by atoms with Crippen LogP contribution in [0.15, 0.2) is 39.2 Å². The minimum Gasteiger partial charge on any atom is -0.494 e. The molecule has 1 aromatic heterocycles. The molecular weight excluding hydrogens is 383 g/mol. The van der Waals surface area contributed by atoms with Crippen molar-refractivity contribution < 1.29 is 9.15 Å². The van der Waals surface area contributed by atoms with Crippen LogP contribution in [0.2, 0.25) is 5.22 Å². The lowest BCUT2D eigenvalue weighted by molar-refractivity contribution is 0.340. The molecule has 0 bridgehead atoms. The topological polar surface area (TPSA) is 22.4 Å². The zero-order valence-electron chi connectivity index (χ0n) is 9.62. The summed E-state index contributed by atoms with van der Waals surface area (Å²) in [5.74, 6) is 1.61. The van der Waals surface area contributed by atoms with E-state index >= 15 is 0 Å². The first-order valence-electron chi connectivity index (χ1n) is 5.43. The van der Waals surface area contributed by atoms with E-state index < -0.39 is 0 Å². The second-order valence-corrected chi connectivity index (χ2v) is 5.76. The summed E-state index contributed by atoms with van der Waals surface area (Å²) < 4.78 is 11.8. The predicted octanol–water partition coefficient (Wildman–Crippen LogP) is 5.58. The highest BCUT2D eigenvalue weighted by Gasteiger charge is 2.17. The van der Waals surface area contributed by atoms with E-state index in [1.54, 1.807) is 6.07 Å². The molecule has 0 aliphatic carbocycles. The number of halogens is 3. The van der Waals surface area contributed by atoms with Crippen molar-refractivity contribution in [3.8, 4) is 5.75 Å². The number of alkyl halides is 1. The molecule has 0 spiro atoms. The van der Waals surface area contributed by atoms with E-state index in [4.69, 9.17) is 20.8 Å². The van der Waals surface area contributed by atoms with Gasteiger partial charge in [-0.3, -0.25) is 0 Å². The van der Waals surface area contributed by atoms with Gasteiger partial charge in [-0.1, -0.05) is 37.9 Å². The molecule has 96 valence electrons. The second-order valence-electron chi connectivity index (χ2n) is 3.62. The number of rotatable bonds is 4. The van der Waals surface area contributed by atoms with Crippen molar-refractivity contribution in [3.05, 3.63) is 51.3 Å². The highest BCUT2D eigenvalue weighted by Crippen LogP contribution is 2.38. The largest absolute Gasteiger partial charge is 0.494 e. The standard InChI is InChI=1S/C13H11Br2ClO2/c1-2-17-8-3-4-9(10(14)7-8)13(15)11-5-6-12(16)18-11/h3-7,13H,2H2,1H3. The van der Waals surface area contributed by atoms with Gasteiger partial charge in [0.25, 0.3) is 0 Å². The Morgan fingerprint density at radius 1 is 1.33 bits per heavy atom. The van der Waals surface area contributed by atoms with Gasteiger partial charge in [0.15, 0.2) is 5.22 Å². The number of benzene rings is 1. The van der Waals surface area contributed by atoms with E-state index in [2.05, 4.69) is 31.9 Å². The molecule has 0 saturated carbocycles. The van der Waals surface area contributed by atoms with Crippen LogP contribution in [-0.4, -0.2) is 6.61 Å². The lowest BCUT2D eigenvalue weighted by Crippen LogP contribution is -1.95. The highest BCUT2D eigenvalue weighted by molar-refractivity contribution is 9.11. The van der Waals surface area contributed by atoms with Gasteiger partial charge in [0, 0.05) is 4.47 Å². The van der Waals surface area contributed by atoms with Crippen LogP contribution in [0.1, 0.15) is 23.1 Å². The van der Waals surface area contributed by atoms with Gasteiger partial charge in [-0.2, -0.15) is 0 Å². The number of ether oxygens (including phenoxy) is 1. The van der Waals surface area contributed by atoms with Gasteiger partial charge in [-0.15, -0.1) is 0 Å². The Kier molecular flexibility index (Phi) is 4.76. The van der Waals surface area contributed by atoms with Gasteiger partial charge in [0.05, 0.1) is 11.4 Å². The van der Waals surface area contributed by atoms with Crippen LogP contribution in [0, 0.1) is 0 Å². The molecule has 1 aromatic carbocycles. The average molecular weight is 394 g/mol. The van der Waals surface area contributed by atoms with Crippen LogP contribution in [0.5, 0.6) is 5.75 Å². The van der Waals surface area contributed by atoms with Crippen molar-refractivity contribution in [3.63, 3.8) is 0 Å². The normalized spacial score (nSPS) is 12.4. The Morgan fingerprint density at radius 2 is 2.11 bits per heavy atom. The summed E-state index contributed by atoms with van der Waals surface area (Å²) in [5.41, 5.74) is 1.06. The lowest BCUT2D eigenvalue weighted by Gasteiger charge is -2.11. The van der Waals surface area contributed by atoms with Crippen molar-refractivity contribution in [2.75, 3.05) is 6.61 Å². The third kappa shape index (κ3) is 3.11. The van der Waals surface area contributed by atoms with Crippen LogP contribution in [0.3, 0.4) is 0 Å². The number of hydrogen-bond donors (Lipinski definition) is 0. The van der Waals surface area contributed by atoms with Gasteiger partial charge < -0.3 is 9.15 Å². The molecule has 0 aliphatic rings. The fourth-order valence-corrected chi connectivity index (χ4v) is 3.28. The molecule has 0 N–H and O–H groups in total. The summed E-state index contributed by atoms with van der Waals surface area (Å²) in [6.07, 6.45) is 0. The van der Waals surface area contributed by atoms with Gasteiger partial charge in [0.2, 0.25) is 0 Å². The highest BCUT2D eigenvalue weighted by atomic mass is 79.9. The smallest absolute Gasteiger partial charge is 0.193 e. The van der Waals surface area contributed by atoms with Gasteiger partial charge >= 0.3 is 0 Å². The third-order valence-electron chi connectivity index (χ3n) is 2.40. The predicted molar refractivity (Wildman–Crippen MR) is 79.8 cm³/mol. The molecule has 0 fully saturated rings. The zero-order chi connectivity index (χ0) is 13.1. The molecule has 18 heavy (non-hydrogen) atoms. The molecule has 0 saturated heterocycles. The van der Waals surface area contributed by atoms with Crippen LogP contribution in [-0.2, 0) is 0 Å². The summed E-state index contributed by atoms with van der Waals surface area (Å²) in [4.78, 5) is -0.0462. The molecule has 2 aromatic rings. The minimum atomic E-state index is -0.0462. The lowest BCUT2D eigenvalue weighted by atomic mass is 10.1. The first-order valence-corrected chi connectivity index (χ1v) is 7.52. The molecule has 1 atom stereocenters. The number of furan rings is 1. The van der Waals surface area contributed by atoms with Gasteiger partial charge in [-0.05, 0) is 48.4 Å². The van der Waals surface area contributed by atoms with E-state index in [1.807, 2.05) is 31.2 Å². The minimum absolute atomic E-state index is 0.0462. The Morgan fingerprint density at radius 3 is 2.67 bits per heavy atom. The zero-order valence-corrected chi connectivity index (χ0v) is 13.5. The van der Waals surface area contributed by atoms with Gasteiger partial charge in [-0.25, -0.2) is 0 Å². The Balaban J connectivity index is 2.28. The van der Waals surface area contributed by atoms with Crippen molar-refractivity contribution >= 4 is 43.5 Å². The molecule has 2 nitrogen and oxygen atoms in total. The summed E-state index contributed by atoms with van der Waals surface area (Å²) >= 11 is 12.9. The van der Waals surface area contributed by atoms with Crippen molar-refractivity contribution in [1.29, 1.82) is 0 Å². The first kappa shape index (κ1) is 14.0. The van der Waals surface area contributed by atoms with E-state index in [0.29, 0.717) is 11.8 Å². The summed E-state index contributed by atoms with van der Waals surface area (Å²) in [7, 11) is 0. The number of hydrogen-bond acceptors (Lipinski definition) is 2. The maximum Gasteiger partial charge on any atom is 0.193 e. The second kappa shape index (κ2) is 6.13. The summed E-state index contributed by atoms with van der Waals surface area (Å²) in [5, 5.41) is 0.386. The molecule has 0 aliphatic heterocycles. The maximum atomic E-state index is 5.78. The van der Waals surface area contributed by atoms with E-state index in [1.165, 1.54) is 0 Å². The average Bonchev–Trinajstić information content (AvgIpc) is 2.76. The van der Waals surface area contributed by atoms with Crippen LogP contribution < -0.4 is 4.74 Å². The Bertz CT molecular complexity index is 540. The molecule has 1 unspecified atom stereocenters. The first-order chi connectivity index (χ1) is 8.61. The Labute approximate surface area is 128 Å². The summed E-state index contributed by atoms with van der Waals surface area (Å²) in [6, 6.07) is 9.45. The van der Waals surface area contributed by atoms with Gasteiger partial charge in [0.1, 0.15) is 11.5 Å². The fourth-order valence-electron chi connectivity index (χ4n) is 1.59. The van der Waals surface area contributed by atoms with E-state index in [-0.39, 0.29) is 4.83 Å². The molecule has 1 heterocycles. The SMILES string of the molecule is CCOc1ccc(C(Br)c2ccc(Cl)o2)c(Br)c1. The van der Waals surface area contributed by atoms with E-state index in [0.717, 1.165) is 21.5 Å². The molecule has 0 radical (unpaired) electrons. The van der Waals surface area contributed by atoms with Crippen LogP contribution in [0.25, 0.3) is 0 Å². The molecular formula is C13H11Br2ClO2. The third-order valence-corrected chi connectivity index (χ3v) is 4.23. The van der Waals surface area contributed by atoms with Crippen LogP contribution >= 0.6 is 43.5 Å². The van der Waals surface area contributed by atoms with E-state index in [9.17, 15) is 0 Å². The van der Waals surface area contributed by atoms with Crippen molar-refractivity contribution in [1.82, 2.24) is 0 Å². The quantitative estimate of drug-likeness (QED) is 0.632. The molecule has 2 rings (SSSR count). The monoisotopic (exact) mass is 392 g/mol. The fraction of sp³-hybridized carbons (Fsp3) is 0.231.